The molecule has 8 heteroatoms. The minimum absolute atomic E-state index is 0.303. The number of benzene rings is 4. The van der Waals surface area contributed by atoms with Gasteiger partial charge in [-0.2, -0.15) is 13.2 Å². The predicted molar refractivity (Wildman–Crippen MR) is 138 cm³/mol. The fraction of sp³-hybridized carbons (Fsp3) is 0.133. The van der Waals surface area contributed by atoms with E-state index in [0.717, 1.165) is 30.8 Å². The summed E-state index contributed by atoms with van der Waals surface area (Å²) >= 11 is 0. The van der Waals surface area contributed by atoms with Gasteiger partial charge in [-0.15, -0.1) is 0 Å². The van der Waals surface area contributed by atoms with E-state index >= 15 is 0 Å². The maximum absolute atomic E-state index is 11.4. The number of carboxylic acids is 2. The number of alkyl halides is 3. The lowest BCUT2D eigenvalue weighted by atomic mass is 9.97. The molecule has 0 aromatic heterocycles. The first kappa shape index (κ1) is 28.1. The van der Waals surface area contributed by atoms with Gasteiger partial charge < -0.3 is 10.2 Å². The second-order valence-corrected chi connectivity index (χ2v) is 8.46. The first-order chi connectivity index (χ1) is 18.1. The van der Waals surface area contributed by atoms with Crippen LogP contribution in [0.2, 0.25) is 0 Å². The summed E-state index contributed by atoms with van der Waals surface area (Å²) in [4.78, 5) is 22.8. The van der Waals surface area contributed by atoms with Gasteiger partial charge in [0.25, 0.3) is 0 Å². The van der Waals surface area contributed by atoms with Crippen molar-refractivity contribution in [3.05, 3.63) is 131 Å². The zero-order valence-electron chi connectivity index (χ0n) is 20.3. The van der Waals surface area contributed by atoms with Crippen molar-refractivity contribution < 1.29 is 33.0 Å². The Hall–Kier alpha value is -4.43. The Morgan fingerprint density at radius 3 is 1.66 bits per heavy atom. The molecule has 0 heterocycles. The number of carboxylic acid groups (broad SMARTS) is 2. The highest BCUT2D eigenvalue weighted by atomic mass is 19.4. The molecule has 196 valence electrons. The number of carbonyl (C=O) groups is 2. The number of aromatic carboxylic acids is 1. The summed E-state index contributed by atoms with van der Waals surface area (Å²) in [5.41, 5.74) is 6.01. The molecule has 38 heavy (non-hydrogen) atoms. The molecule has 0 atom stereocenters. The van der Waals surface area contributed by atoms with Crippen LogP contribution < -0.4 is 0 Å². The molecule has 4 rings (SSSR count). The zero-order valence-corrected chi connectivity index (χ0v) is 20.3. The predicted octanol–water partition coefficient (Wildman–Crippen LogP) is 6.89. The van der Waals surface area contributed by atoms with Crippen molar-refractivity contribution in [2.75, 3.05) is 0 Å². The van der Waals surface area contributed by atoms with Crippen LogP contribution in [0.4, 0.5) is 13.2 Å². The Balaban J connectivity index is 0.000000505. The first-order valence-electron chi connectivity index (χ1n) is 11.7. The van der Waals surface area contributed by atoms with Gasteiger partial charge in [0.15, 0.2) is 0 Å². The van der Waals surface area contributed by atoms with Crippen LogP contribution in [0.15, 0.2) is 109 Å². The van der Waals surface area contributed by atoms with Crippen LogP contribution in [0.25, 0.3) is 11.1 Å². The van der Waals surface area contributed by atoms with E-state index in [9.17, 15) is 23.1 Å². The van der Waals surface area contributed by atoms with Gasteiger partial charge in [-0.3, -0.25) is 4.90 Å². The van der Waals surface area contributed by atoms with E-state index in [0.29, 0.717) is 5.56 Å². The maximum atomic E-state index is 11.4. The average Bonchev–Trinajstić information content (AvgIpc) is 2.90. The first-order valence-corrected chi connectivity index (χ1v) is 11.7. The van der Waals surface area contributed by atoms with Crippen molar-refractivity contribution in [1.82, 2.24) is 4.90 Å². The maximum Gasteiger partial charge on any atom is 0.490 e. The van der Waals surface area contributed by atoms with E-state index in [-0.39, 0.29) is 0 Å². The van der Waals surface area contributed by atoms with Crippen LogP contribution in [-0.2, 0) is 24.4 Å². The van der Waals surface area contributed by atoms with E-state index in [1.807, 2.05) is 30.3 Å². The molecule has 0 fully saturated rings. The summed E-state index contributed by atoms with van der Waals surface area (Å²) in [6, 6.07) is 36.4. The topological polar surface area (TPSA) is 77.8 Å². The summed E-state index contributed by atoms with van der Waals surface area (Å²) in [6.45, 7) is 2.43. The molecule has 0 amide bonds. The molecule has 0 aliphatic heterocycles. The molecule has 4 aromatic carbocycles. The molecule has 0 saturated carbocycles. The van der Waals surface area contributed by atoms with Crippen LogP contribution in [0.5, 0.6) is 0 Å². The molecule has 0 saturated heterocycles. The third-order valence-corrected chi connectivity index (χ3v) is 5.57. The van der Waals surface area contributed by atoms with E-state index in [4.69, 9.17) is 9.90 Å². The zero-order chi connectivity index (χ0) is 27.5. The molecule has 0 unspecified atom stereocenters. The molecule has 5 nitrogen and oxygen atoms in total. The summed E-state index contributed by atoms with van der Waals surface area (Å²) in [5, 5.41) is 16.5. The van der Waals surface area contributed by atoms with Crippen molar-refractivity contribution in [3.8, 4) is 11.1 Å². The minimum atomic E-state index is -5.08. The number of rotatable bonds is 8. The lowest BCUT2D eigenvalue weighted by Crippen LogP contribution is -2.22. The van der Waals surface area contributed by atoms with Gasteiger partial charge in [0.2, 0.25) is 0 Å². The van der Waals surface area contributed by atoms with Crippen molar-refractivity contribution in [2.24, 2.45) is 0 Å². The highest BCUT2D eigenvalue weighted by Gasteiger charge is 2.38. The van der Waals surface area contributed by atoms with Gasteiger partial charge in [0.1, 0.15) is 0 Å². The normalized spacial score (nSPS) is 10.9. The van der Waals surface area contributed by atoms with Gasteiger partial charge in [-0.05, 0) is 39.9 Å². The molecule has 2 N–H and O–H groups in total. The van der Waals surface area contributed by atoms with Crippen LogP contribution in [0, 0.1) is 0 Å². The van der Waals surface area contributed by atoms with E-state index in [1.54, 1.807) is 18.2 Å². The average molecular weight is 522 g/mol. The summed E-state index contributed by atoms with van der Waals surface area (Å²) < 4.78 is 31.7. The minimum Gasteiger partial charge on any atom is -0.478 e. The number of hydrogen-bond acceptors (Lipinski definition) is 3. The largest absolute Gasteiger partial charge is 0.490 e. The van der Waals surface area contributed by atoms with Gasteiger partial charge in [0, 0.05) is 19.6 Å². The Labute approximate surface area is 218 Å². The van der Waals surface area contributed by atoms with E-state index in [1.165, 1.54) is 16.7 Å². The van der Waals surface area contributed by atoms with Crippen molar-refractivity contribution in [1.29, 1.82) is 0 Å². The van der Waals surface area contributed by atoms with E-state index < -0.39 is 18.1 Å². The van der Waals surface area contributed by atoms with Gasteiger partial charge in [-0.1, -0.05) is 97.1 Å². The molecular formula is C30H26F3NO4. The third kappa shape index (κ3) is 8.60. The smallest absolute Gasteiger partial charge is 0.478 e. The Morgan fingerprint density at radius 1 is 0.658 bits per heavy atom. The Bertz CT molecular complexity index is 1300. The molecule has 0 radical (unpaired) electrons. The molecule has 0 aliphatic carbocycles. The van der Waals surface area contributed by atoms with Crippen molar-refractivity contribution in [3.63, 3.8) is 0 Å². The lowest BCUT2D eigenvalue weighted by Gasteiger charge is -2.24. The van der Waals surface area contributed by atoms with Gasteiger partial charge in [-0.25, -0.2) is 9.59 Å². The highest BCUT2D eigenvalue weighted by molar-refractivity contribution is 5.89. The molecule has 0 aliphatic rings. The van der Waals surface area contributed by atoms with E-state index in [2.05, 4.69) is 65.6 Å². The summed E-state index contributed by atoms with van der Waals surface area (Å²) in [5.74, 6) is -3.67. The fourth-order valence-corrected chi connectivity index (χ4v) is 3.85. The molecule has 0 spiro atoms. The SMILES string of the molecule is O=C(O)C(F)(F)F.O=C(O)c1cccc(-c2ccccc2CN(Cc2ccccc2)Cc2ccccc2)c1. The van der Waals surface area contributed by atoms with Crippen LogP contribution in [0.3, 0.4) is 0 Å². The standard InChI is InChI=1S/C28H25NO2.C2HF3O2/c30-28(31)25-16-9-15-24(18-25)27-17-8-7-14-26(27)21-29(19-22-10-3-1-4-11-22)20-23-12-5-2-6-13-23;3-2(4,5)1(6)7/h1-18H,19-21H2,(H,30,31);(H,6,7). The van der Waals surface area contributed by atoms with Crippen LogP contribution in [-0.4, -0.2) is 33.2 Å². The molecule has 4 aromatic rings. The molecular weight excluding hydrogens is 495 g/mol. The number of hydrogen-bond donors (Lipinski definition) is 2. The number of aliphatic carboxylic acids is 1. The number of nitrogens with zero attached hydrogens (tertiary/aromatic N) is 1. The highest BCUT2D eigenvalue weighted by Crippen LogP contribution is 2.27. The van der Waals surface area contributed by atoms with Crippen LogP contribution >= 0.6 is 0 Å². The Morgan fingerprint density at radius 2 is 1.16 bits per heavy atom. The second kappa shape index (κ2) is 13.2. The lowest BCUT2D eigenvalue weighted by molar-refractivity contribution is -0.192. The Kier molecular flexibility index (Phi) is 9.79. The van der Waals surface area contributed by atoms with Crippen molar-refractivity contribution in [2.45, 2.75) is 25.8 Å². The van der Waals surface area contributed by atoms with Crippen LogP contribution in [0.1, 0.15) is 27.0 Å². The quantitative estimate of drug-likeness (QED) is 0.264. The van der Waals surface area contributed by atoms with Gasteiger partial charge >= 0.3 is 18.1 Å². The van der Waals surface area contributed by atoms with Gasteiger partial charge in [0.05, 0.1) is 5.56 Å². The number of halogens is 3. The third-order valence-electron chi connectivity index (χ3n) is 5.57. The fourth-order valence-electron chi connectivity index (χ4n) is 3.85. The second-order valence-electron chi connectivity index (χ2n) is 8.46. The monoisotopic (exact) mass is 521 g/mol. The summed E-state index contributed by atoms with van der Waals surface area (Å²) in [7, 11) is 0. The summed E-state index contributed by atoms with van der Waals surface area (Å²) in [6.07, 6.45) is -5.08. The molecule has 0 bridgehead atoms. The van der Waals surface area contributed by atoms with Crippen molar-refractivity contribution >= 4 is 11.9 Å².